The third-order valence-electron chi connectivity index (χ3n) is 5.26. The van der Waals surface area contributed by atoms with Crippen LogP contribution in [0.25, 0.3) is 33.8 Å². The van der Waals surface area contributed by atoms with Gasteiger partial charge in [-0.05, 0) is 18.2 Å². The quantitative estimate of drug-likeness (QED) is 0.493. The molecule has 0 bridgehead atoms. The fraction of sp³-hybridized carbons (Fsp3) is 0.261. The lowest BCUT2D eigenvalue weighted by Gasteiger charge is -2.27. The van der Waals surface area contributed by atoms with Crippen LogP contribution in [0.1, 0.15) is 6.92 Å². The number of ether oxygens (including phenoxy) is 2. The summed E-state index contributed by atoms with van der Waals surface area (Å²) < 4.78 is 17.2. The number of nitrogens with one attached hydrogen (secondary N) is 1. The number of pyridine rings is 2. The van der Waals surface area contributed by atoms with Crippen molar-refractivity contribution >= 4 is 28.6 Å². The molecule has 5 heterocycles. The Hall–Kier alpha value is -4.05. The normalized spacial score (nSPS) is 13.8. The van der Waals surface area contributed by atoms with Gasteiger partial charge in [0.1, 0.15) is 22.8 Å². The zero-order chi connectivity index (χ0) is 22.8. The number of fused-ring (bicyclic) bond motifs is 1. The lowest BCUT2D eigenvalue weighted by molar-refractivity contribution is -0.114. The Morgan fingerprint density at radius 1 is 1.15 bits per heavy atom. The van der Waals surface area contributed by atoms with Crippen molar-refractivity contribution in [2.24, 2.45) is 0 Å². The Kier molecular flexibility index (Phi) is 5.57. The van der Waals surface area contributed by atoms with Crippen molar-refractivity contribution in [3.8, 4) is 28.5 Å². The van der Waals surface area contributed by atoms with E-state index in [1.54, 1.807) is 37.8 Å². The molecule has 4 aromatic heterocycles. The summed E-state index contributed by atoms with van der Waals surface area (Å²) in [6.45, 7) is 4.04. The first-order chi connectivity index (χ1) is 16.1. The topological polar surface area (TPSA) is 116 Å². The van der Waals surface area contributed by atoms with Gasteiger partial charge in [0.05, 0.1) is 25.9 Å². The van der Waals surface area contributed by atoms with E-state index in [2.05, 4.69) is 20.2 Å². The first-order valence-electron chi connectivity index (χ1n) is 10.5. The lowest BCUT2D eigenvalue weighted by atomic mass is 10.2. The number of methoxy groups -OCH3 is 1. The molecule has 10 nitrogen and oxygen atoms in total. The lowest BCUT2D eigenvalue weighted by Crippen LogP contribution is -2.37. The van der Waals surface area contributed by atoms with E-state index >= 15 is 0 Å². The Labute approximate surface area is 189 Å². The molecule has 5 rings (SSSR count). The maximum absolute atomic E-state index is 11.3. The van der Waals surface area contributed by atoms with Crippen molar-refractivity contribution in [2.75, 3.05) is 43.6 Å². The minimum absolute atomic E-state index is 0.181. The van der Waals surface area contributed by atoms with Gasteiger partial charge in [-0.2, -0.15) is 0 Å². The van der Waals surface area contributed by atoms with Gasteiger partial charge in [0.2, 0.25) is 5.91 Å². The SMILES string of the molecule is COc1ccncc1-c1cc2nc(-c3ccc(NC(C)=O)nc3)nc(N3CCOCC3)c2o1. The first kappa shape index (κ1) is 20.8. The fourth-order valence-corrected chi connectivity index (χ4v) is 3.69. The van der Waals surface area contributed by atoms with E-state index in [0.717, 1.165) is 11.1 Å². The highest BCUT2D eigenvalue weighted by Crippen LogP contribution is 2.37. The predicted molar refractivity (Wildman–Crippen MR) is 122 cm³/mol. The van der Waals surface area contributed by atoms with Crippen LogP contribution >= 0.6 is 0 Å². The molecule has 0 radical (unpaired) electrons. The standard InChI is InChI=1S/C23H22N6O4/c1-14(30)26-20-4-3-15(12-25-20)22-27-17-11-19(16-13-24-6-5-18(16)31-2)33-21(17)23(28-22)29-7-9-32-10-8-29/h3-6,11-13H,7-10H2,1-2H3,(H,25,26,30). The molecular formula is C23H22N6O4. The highest BCUT2D eigenvalue weighted by atomic mass is 16.5. The zero-order valence-electron chi connectivity index (χ0n) is 18.2. The molecule has 1 fully saturated rings. The predicted octanol–water partition coefficient (Wildman–Crippen LogP) is 3.15. The van der Waals surface area contributed by atoms with Gasteiger partial charge in [-0.25, -0.2) is 15.0 Å². The summed E-state index contributed by atoms with van der Waals surface area (Å²) in [5, 5.41) is 2.66. The summed E-state index contributed by atoms with van der Waals surface area (Å²) in [6, 6.07) is 7.20. The van der Waals surface area contributed by atoms with Crippen LogP contribution in [0.15, 0.2) is 47.3 Å². The van der Waals surface area contributed by atoms with Gasteiger partial charge in [0, 0.05) is 50.2 Å². The van der Waals surface area contributed by atoms with E-state index in [9.17, 15) is 4.79 Å². The number of carbonyl (C=O) groups excluding carboxylic acids is 1. The van der Waals surface area contributed by atoms with Crippen molar-refractivity contribution in [3.05, 3.63) is 42.9 Å². The van der Waals surface area contributed by atoms with Gasteiger partial charge in [0.15, 0.2) is 17.2 Å². The second-order valence-electron chi connectivity index (χ2n) is 7.48. The van der Waals surface area contributed by atoms with Gasteiger partial charge in [-0.3, -0.25) is 9.78 Å². The van der Waals surface area contributed by atoms with E-state index in [0.29, 0.717) is 66.4 Å². The van der Waals surface area contributed by atoms with E-state index in [4.69, 9.17) is 23.9 Å². The number of hydrogen-bond acceptors (Lipinski definition) is 9. The van der Waals surface area contributed by atoms with Crippen LogP contribution in [0.4, 0.5) is 11.6 Å². The number of anilines is 2. The molecule has 1 amide bonds. The Bertz CT molecular complexity index is 1300. The summed E-state index contributed by atoms with van der Waals surface area (Å²) in [5.41, 5.74) is 2.70. The van der Waals surface area contributed by atoms with Crippen LogP contribution in [0.2, 0.25) is 0 Å². The molecule has 0 spiro atoms. The van der Waals surface area contributed by atoms with Crippen LogP contribution < -0.4 is 15.0 Å². The number of furan rings is 1. The monoisotopic (exact) mass is 446 g/mol. The summed E-state index contributed by atoms with van der Waals surface area (Å²) in [5.74, 6) is 2.74. The molecule has 0 atom stereocenters. The van der Waals surface area contributed by atoms with Crippen molar-refractivity contribution in [2.45, 2.75) is 6.92 Å². The third kappa shape index (κ3) is 4.20. The Balaban J connectivity index is 1.62. The van der Waals surface area contributed by atoms with Crippen molar-refractivity contribution in [3.63, 3.8) is 0 Å². The molecule has 1 saturated heterocycles. The number of morpholine rings is 1. The summed E-state index contributed by atoms with van der Waals surface area (Å²) in [6.07, 6.45) is 5.00. The number of carbonyl (C=O) groups is 1. The first-order valence-corrected chi connectivity index (χ1v) is 10.5. The van der Waals surface area contributed by atoms with Gasteiger partial charge in [-0.15, -0.1) is 0 Å². The molecule has 1 aliphatic heterocycles. The van der Waals surface area contributed by atoms with E-state index in [1.807, 2.05) is 12.1 Å². The van der Waals surface area contributed by atoms with Crippen LogP contribution in [-0.4, -0.2) is 59.3 Å². The molecule has 0 unspecified atom stereocenters. The van der Waals surface area contributed by atoms with E-state index < -0.39 is 0 Å². The zero-order valence-corrected chi connectivity index (χ0v) is 18.2. The molecule has 4 aromatic rings. The number of amides is 1. The summed E-state index contributed by atoms with van der Waals surface area (Å²) in [7, 11) is 1.61. The molecular weight excluding hydrogens is 424 g/mol. The number of aromatic nitrogens is 4. The highest BCUT2D eigenvalue weighted by Gasteiger charge is 2.23. The number of nitrogens with zero attached hydrogens (tertiary/aromatic N) is 5. The smallest absolute Gasteiger partial charge is 0.222 e. The Morgan fingerprint density at radius 3 is 2.73 bits per heavy atom. The molecule has 0 aliphatic carbocycles. The van der Waals surface area contributed by atoms with Crippen molar-refractivity contribution < 1.29 is 18.7 Å². The molecule has 0 saturated carbocycles. The maximum atomic E-state index is 11.3. The summed E-state index contributed by atoms with van der Waals surface area (Å²) >= 11 is 0. The van der Waals surface area contributed by atoms with Crippen LogP contribution in [-0.2, 0) is 9.53 Å². The molecule has 10 heteroatoms. The van der Waals surface area contributed by atoms with Gasteiger partial charge in [0.25, 0.3) is 0 Å². The average Bonchev–Trinajstić information content (AvgIpc) is 3.28. The van der Waals surface area contributed by atoms with E-state index in [-0.39, 0.29) is 5.91 Å². The largest absolute Gasteiger partial charge is 0.496 e. The maximum Gasteiger partial charge on any atom is 0.222 e. The minimum atomic E-state index is -0.181. The van der Waals surface area contributed by atoms with Crippen molar-refractivity contribution in [1.29, 1.82) is 0 Å². The number of hydrogen-bond donors (Lipinski definition) is 1. The summed E-state index contributed by atoms with van der Waals surface area (Å²) in [4.78, 5) is 31.5. The van der Waals surface area contributed by atoms with Crippen LogP contribution in [0.5, 0.6) is 5.75 Å². The molecule has 0 aromatic carbocycles. The molecule has 168 valence electrons. The van der Waals surface area contributed by atoms with Crippen LogP contribution in [0, 0.1) is 0 Å². The minimum Gasteiger partial charge on any atom is -0.496 e. The fourth-order valence-electron chi connectivity index (χ4n) is 3.69. The van der Waals surface area contributed by atoms with Crippen LogP contribution in [0.3, 0.4) is 0 Å². The van der Waals surface area contributed by atoms with Gasteiger partial charge < -0.3 is 24.1 Å². The van der Waals surface area contributed by atoms with Gasteiger partial charge >= 0.3 is 0 Å². The van der Waals surface area contributed by atoms with Crippen molar-refractivity contribution in [1.82, 2.24) is 19.9 Å². The number of rotatable bonds is 5. The van der Waals surface area contributed by atoms with Gasteiger partial charge in [-0.1, -0.05) is 0 Å². The second kappa shape index (κ2) is 8.83. The molecule has 33 heavy (non-hydrogen) atoms. The molecule has 1 aliphatic rings. The second-order valence-corrected chi connectivity index (χ2v) is 7.48. The van der Waals surface area contributed by atoms with E-state index in [1.165, 1.54) is 6.92 Å². The highest BCUT2D eigenvalue weighted by molar-refractivity contribution is 5.90. The third-order valence-corrected chi connectivity index (χ3v) is 5.26. The average molecular weight is 446 g/mol. The Morgan fingerprint density at radius 2 is 2.00 bits per heavy atom. The molecule has 1 N–H and O–H groups in total.